The molecular weight excluding hydrogens is 214 g/mol. The van der Waals surface area contributed by atoms with Crippen LogP contribution in [0.25, 0.3) is 0 Å². The molecule has 0 aliphatic heterocycles. The third-order valence-electron chi connectivity index (χ3n) is 4.13. The van der Waals surface area contributed by atoms with Crippen LogP contribution in [0.4, 0.5) is 0 Å². The highest BCUT2D eigenvalue weighted by Crippen LogP contribution is 2.37. The topological polar surface area (TPSA) is 12.0 Å². The SMILES string of the molecule is CCSCCC1CC(CC)CCC1CNC. The Bertz CT molecular complexity index is 172. The second-order valence-corrected chi connectivity index (χ2v) is 6.54. The molecule has 0 radical (unpaired) electrons. The summed E-state index contributed by atoms with van der Waals surface area (Å²) < 4.78 is 0. The summed E-state index contributed by atoms with van der Waals surface area (Å²) in [4.78, 5) is 0. The van der Waals surface area contributed by atoms with Crippen molar-refractivity contribution in [3.8, 4) is 0 Å². The molecule has 1 fully saturated rings. The summed E-state index contributed by atoms with van der Waals surface area (Å²) in [6.07, 6.45) is 7.26. The molecular formula is C14H29NS. The molecule has 0 spiro atoms. The quantitative estimate of drug-likeness (QED) is 0.683. The van der Waals surface area contributed by atoms with Crippen LogP contribution < -0.4 is 5.32 Å². The van der Waals surface area contributed by atoms with Crippen LogP contribution >= 0.6 is 11.8 Å². The first-order valence-electron chi connectivity index (χ1n) is 7.04. The lowest BCUT2D eigenvalue weighted by Gasteiger charge is -2.36. The minimum absolute atomic E-state index is 0.949. The normalized spacial score (nSPS) is 30.6. The number of rotatable bonds is 7. The van der Waals surface area contributed by atoms with Crippen molar-refractivity contribution in [3.05, 3.63) is 0 Å². The van der Waals surface area contributed by atoms with Crippen molar-refractivity contribution in [2.45, 2.75) is 46.0 Å². The maximum absolute atomic E-state index is 3.38. The molecule has 16 heavy (non-hydrogen) atoms. The summed E-state index contributed by atoms with van der Waals surface area (Å²) in [7, 11) is 2.10. The molecule has 0 saturated heterocycles. The highest BCUT2D eigenvalue weighted by Gasteiger charge is 2.28. The van der Waals surface area contributed by atoms with Gasteiger partial charge in [-0.1, -0.05) is 26.7 Å². The van der Waals surface area contributed by atoms with Gasteiger partial charge in [-0.05, 0) is 62.1 Å². The van der Waals surface area contributed by atoms with E-state index in [0.717, 1.165) is 17.8 Å². The van der Waals surface area contributed by atoms with Gasteiger partial charge in [0.1, 0.15) is 0 Å². The third kappa shape index (κ3) is 4.67. The minimum Gasteiger partial charge on any atom is -0.319 e. The molecule has 2 heteroatoms. The molecule has 0 aromatic rings. The first-order valence-corrected chi connectivity index (χ1v) is 8.19. The molecule has 1 saturated carbocycles. The van der Waals surface area contributed by atoms with Crippen molar-refractivity contribution in [1.82, 2.24) is 5.32 Å². The molecule has 1 aliphatic carbocycles. The Morgan fingerprint density at radius 3 is 2.62 bits per heavy atom. The van der Waals surface area contributed by atoms with Crippen molar-refractivity contribution in [3.63, 3.8) is 0 Å². The number of hydrogen-bond acceptors (Lipinski definition) is 2. The van der Waals surface area contributed by atoms with Crippen LogP contribution in [0.2, 0.25) is 0 Å². The monoisotopic (exact) mass is 243 g/mol. The molecule has 1 N–H and O–H groups in total. The van der Waals surface area contributed by atoms with E-state index in [-0.39, 0.29) is 0 Å². The predicted molar refractivity (Wildman–Crippen MR) is 76.2 cm³/mol. The van der Waals surface area contributed by atoms with Gasteiger partial charge in [0, 0.05) is 0 Å². The van der Waals surface area contributed by atoms with E-state index in [9.17, 15) is 0 Å². The molecule has 1 nitrogen and oxygen atoms in total. The fourth-order valence-corrected chi connectivity index (χ4v) is 3.82. The summed E-state index contributed by atoms with van der Waals surface area (Å²) >= 11 is 2.11. The van der Waals surface area contributed by atoms with E-state index >= 15 is 0 Å². The average Bonchev–Trinajstić information content (AvgIpc) is 2.31. The average molecular weight is 243 g/mol. The summed E-state index contributed by atoms with van der Waals surface area (Å²) in [5.74, 6) is 5.61. The fourth-order valence-electron chi connectivity index (χ4n) is 3.06. The zero-order valence-corrected chi connectivity index (χ0v) is 12.1. The Kier molecular flexibility index (Phi) is 7.55. The summed E-state index contributed by atoms with van der Waals surface area (Å²) in [5.41, 5.74) is 0. The third-order valence-corrected chi connectivity index (χ3v) is 5.06. The van der Waals surface area contributed by atoms with Crippen LogP contribution in [0.15, 0.2) is 0 Å². The van der Waals surface area contributed by atoms with Gasteiger partial charge in [-0.2, -0.15) is 11.8 Å². The van der Waals surface area contributed by atoms with Gasteiger partial charge in [0.15, 0.2) is 0 Å². The van der Waals surface area contributed by atoms with E-state index in [1.807, 2.05) is 0 Å². The lowest BCUT2D eigenvalue weighted by Crippen LogP contribution is -2.32. The Morgan fingerprint density at radius 1 is 1.19 bits per heavy atom. The lowest BCUT2D eigenvalue weighted by atomic mass is 9.72. The van der Waals surface area contributed by atoms with Gasteiger partial charge in [-0.25, -0.2) is 0 Å². The van der Waals surface area contributed by atoms with Gasteiger partial charge in [-0.15, -0.1) is 0 Å². The minimum atomic E-state index is 0.949. The molecule has 3 atom stereocenters. The Hall–Kier alpha value is 0.310. The van der Waals surface area contributed by atoms with Crippen molar-refractivity contribution >= 4 is 11.8 Å². The maximum Gasteiger partial charge on any atom is -0.00209 e. The van der Waals surface area contributed by atoms with Gasteiger partial charge in [0.05, 0.1) is 0 Å². The van der Waals surface area contributed by atoms with Crippen LogP contribution in [0.1, 0.15) is 46.0 Å². The van der Waals surface area contributed by atoms with Crippen LogP contribution in [-0.4, -0.2) is 25.1 Å². The standard InChI is InChI=1S/C14H29NS/c1-4-12-6-7-14(11-15-3)13(10-12)8-9-16-5-2/h12-15H,4-11H2,1-3H3. The second-order valence-electron chi connectivity index (χ2n) is 5.15. The van der Waals surface area contributed by atoms with E-state index in [4.69, 9.17) is 0 Å². The van der Waals surface area contributed by atoms with Gasteiger partial charge < -0.3 is 5.32 Å². The van der Waals surface area contributed by atoms with E-state index in [1.165, 1.54) is 50.2 Å². The van der Waals surface area contributed by atoms with Crippen LogP contribution in [0.5, 0.6) is 0 Å². The molecule has 96 valence electrons. The van der Waals surface area contributed by atoms with Crippen molar-refractivity contribution in [2.24, 2.45) is 17.8 Å². The molecule has 0 aromatic carbocycles. The van der Waals surface area contributed by atoms with Crippen LogP contribution in [0.3, 0.4) is 0 Å². The summed E-state index contributed by atoms with van der Waals surface area (Å²) in [6, 6.07) is 0. The predicted octanol–water partition coefficient (Wildman–Crippen LogP) is 3.79. The molecule has 0 amide bonds. The molecule has 0 aromatic heterocycles. The van der Waals surface area contributed by atoms with E-state index in [0.29, 0.717) is 0 Å². The smallest absolute Gasteiger partial charge is 0.00209 e. The Labute approximate surface area is 106 Å². The first kappa shape index (κ1) is 14.4. The highest BCUT2D eigenvalue weighted by atomic mass is 32.2. The molecule has 3 unspecified atom stereocenters. The van der Waals surface area contributed by atoms with Crippen molar-refractivity contribution in [1.29, 1.82) is 0 Å². The van der Waals surface area contributed by atoms with Crippen molar-refractivity contribution < 1.29 is 0 Å². The highest BCUT2D eigenvalue weighted by molar-refractivity contribution is 7.99. The van der Waals surface area contributed by atoms with Crippen LogP contribution in [-0.2, 0) is 0 Å². The molecule has 0 heterocycles. The number of hydrogen-bond donors (Lipinski definition) is 1. The molecule has 1 aliphatic rings. The summed E-state index contributed by atoms with van der Waals surface area (Å²) in [6.45, 7) is 5.87. The zero-order chi connectivity index (χ0) is 11.8. The molecule has 1 rings (SSSR count). The van der Waals surface area contributed by atoms with E-state index in [2.05, 4.69) is 38.0 Å². The molecule has 0 bridgehead atoms. The zero-order valence-electron chi connectivity index (χ0n) is 11.3. The Balaban J connectivity index is 2.37. The summed E-state index contributed by atoms with van der Waals surface area (Å²) in [5, 5.41) is 3.38. The van der Waals surface area contributed by atoms with Gasteiger partial charge in [-0.3, -0.25) is 0 Å². The van der Waals surface area contributed by atoms with E-state index < -0.39 is 0 Å². The van der Waals surface area contributed by atoms with Gasteiger partial charge in [0.2, 0.25) is 0 Å². The van der Waals surface area contributed by atoms with Crippen LogP contribution in [0, 0.1) is 17.8 Å². The van der Waals surface area contributed by atoms with Gasteiger partial charge >= 0.3 is 0 Å². The number of thioether (sulfide) groups is 1. The second kappa shape index (κ2) is 8.41. The van der Waals surface area contributed by atoms with Gasteiger partial charge in [0.25, 0.3) is 0 Å². The maximum atomic E-state index is 3.38. The fraction of sp³-hybridized carbons (Fsp3) is 1.00. The Morgan fingerprint density at radius 2 is 2.00 bits per heavy atom. The largest absolute Gasteiger partial charge is 0.319 e. The van der Waals surface area contributed by atoms with Crippen molar-refractivity contribution in [2.75, 3.05) is 25.1 Å². The first-order chi connectivity index (χ1) is 7.81. The van der Waals surface area contributed by atoms with E-state index in [1.54, 1.807) is 0 Å². The lowest BCUT2D eigenvalue weighted by molar-refractivity contribution is 0.171. The number of nitrogens with one attached hydrogen (secondary N) is 1.